The fourth-order valence-corrected chi connectivity index (χ4v) is 4.24. The summed E-state index contributed by atoms with van der Waals surface area (Å²) in [6, 6.07) is 30.1. The third-order valence-electron chi connectivity index (χ3n) is 4.48. The molecule has 0 spiro atoms. The smallest absolute Gasteiger partial charge is 0.232 e. The van der Waals surface area contributed by atoms with Crippen LogP contribution in [0.4, 0.5) is 0 Å². The average Bonchev–Trinajstić information content (AvgIpc) is 2.75. The summed E-state index contributed by atoms with van der Waals surface area (Å²) >= 11 is 1.64. The quantitative estimate of drug-likeness (QED) is 0.571. The molecule has 3 aromatic rings. The van der Waals surface area contributed by atoms with E-state index in [0.29, 0.717) is 17.9 Å². The first-order chi connectivity index (χ1) is 13.7. The second-order valence-corrected chi connectivity index (χ2v) is 7.67. The second kappa shape index (κ2) is 9.77. The zero-order valence-electron chi connectivity index (χ0n) is 15.8. The van der Waals surface area contributed by atoms with Crippen molar-refractivity contribution in [2.24, 2.45) is 0 Å². The Morgan fingerprint density at radius 1 is 0.964 bits per heavy atom. The Morgan fingerprint density at radius 2 is 1.57 bits per heavy atom. The molecule has 0 aliphatic rings. The zero-order chi connectivity index (χ0) is 19.8. The van der Waals surface area contributed by atoms with Crippen LogP contribution in [0.2, 0.25) is 0 Å². The van der Waals surface area contributed by atoms with Crippen LogP contribution in [0.3, 0.4) is 0 Å². The highest BCUT2D eigenvalue weighted by atomic mass is 32.2. The minimum Gasteiger partial charge on any atom is -0.341 e. The molecule has 0 aliphatic heterocycles. The number of hydrogen-bond acceptors (Lipinski definition) is 3. The molecule has 0 unspecified atom stereocenters. The van der Waals surface area contributed by atoms with E-state index < -0.39 is 0 Å². The highest BCUT2D eigenvalue weighted by molar-refractivity contribution is 8.00. The topological polar surface area (TPSA) is 44.1 Å². The van der Waals surface area contributed by atoms with Crippen molar-refractivity contribution in [3.05, 3.63) is 107 Å². The molecule has 140 valence electrons. The lowest BCUT2D eigenvalue weighted by molar-refractivity contribution is -0.127. The molecule has 4 heteroatoms. The Balaban J connectivity index is 1.67. The third-order valence-corrected chi connectivity index (χ3v) is 5.77. The van der Waals surface area contributed by atoms with Crippen LogP contribution in [-0.2, 0) is 11.3 Å². The number of nitriles is 1. The first-order valence-corrected chi connectivity index (χ1v) is 10.2. The number of rotatable bonds is 7. The van der Waals surface area contributed by atoms with Crippen LogP contribution in [0.5, 0.6) is 0 Å². The summed E-state index contributed by atoms with van der Waals surface area (Å²) in [5.41, 5.74) is 3.95. The molecule has 0 saturated heterocycles. The standard InChI is InChI=1S/C24H22N2OS/c1-26(17-20-10-8-9-19(15-20)16-25)23(27)18-28-24(21-11-4-2-5-12-21)22-13-6-3-7-14-22/h2-15,24H,17-18H2,1H3. The summed E-state index contributed by atoms with van der Waals surface area (Å²) in [7, 11) is 1.81. The van der Waals surface area contributed by atoms with Crippen LogP contribution in [0.25, 0.3) is 0 Å². The maximum absolute atomic E-state index is 12.7. The molecule has 0 aliphatic carbocycles. The van der Waals surface area contributed by atoms with E-state index in [9.17, 15) is 4.79 Å². The Bertz CT molecular complexity index is 912. The molecular weight excluding hydrogens is 364 g/mol. The van der Waals surface area contributed by atoms with E-state index in [4.69, 9.17) is 5.26 Å². The predicted octanol–water partition coefficient (Wildman–Crippen LogP) is 5.04. The number of carbonyl (C=O) groups excluding carboxylic acids is 1. The summed E-state index contributed by atoms with van der Waals surface area (Å²) in [6.07, 6.45) is 0. The monoisotopic (exact) mass is 386 g/mol. The van der Waals surface area contributed by atoms with Crippen LogP contribution < -0.4 is 0 Å². The van der Waals surface area contributed by atoms with Gasteiger partial charge in [-0.05, 0) is 28.8 Å². The molecule has 0 bridgehead atoms. The second-order valence-electron chi connectivity index (χ2n) is 6.57. The molecule has 0 N–H and O–H groups in total. The maximum Gasteiger partial charge on any atom is 0.232 e. The summed E-state index contributed by atoms with van der Waals surface area (Å²) in [5, 5.41) is 9.15. The number of thioether (sulfide) groups is 1. The van der Waals surface area contributed by atoms with E-state index in [-0.39, 0.29) is 11.2 Å². The molecule has 0 fully saturated rings. The van der Waals surface area contributed by atoms with Gasteiger partial charge in [-0.3, -0.25) is 4.79 Å². The Labute approximate surface area is 170 Å². The molecule has 3 aromatic carbocycles. The highest BCUT2D eigenvalue weighted by Gasteiger charge is 2.18. The van der Waals surface area contributed by atoms with Crippen molar-refractivity contribution >= 4 is 17.7 Å². The SMILES string of the molecule is CN(Cc1cccc(C#N)c1)C(=O)CSC(c1ccccc1)c1ccccc1. The van der Waals surface area contributed by atoms with Gasteiger partial charge in [-0.2, -0.15) is 5.26 Å². The molecule has 28 heavy (non-hydrogen) atoms. The lowest BCUT2D eigenvalue weighted by Gasteiger charge is -2.21. The zero-order valence-corrected chi connectivity index (χ0v) is 16.6. The fourth-order valence-electron chi connectivity index (χ4n) is 3.01. The highest BCUT2D eigenvalue weighted by Crippen LogP contribution is 2.35. The first-order valence-electron chi connectivity index (χ1n) is 9.12. The largest absolute Gasteiger partial charge is 0.341 e. The van der Waals surface area contributed by atoms with Crippen molar-refractivity contribution in [2.45, 2.75) is 11.8 Å². The summed E-state index contributed by atoms with van der Waals surface area (Å²) in [4.78, 5) is 14.4. The molecule has 0 heterocycles. The van der Waals surface area contributed by atoms with E-state index >= 15 is 0 Å². The van der Waals surface area contributed by atoms with Crippen LogP contribution in [0.1, 0.15) is 27.5 Å². The normalized spacial score (nSPS) is 10.5. The van der Waals surface area contributed by atoms with Crippen LogP contribution in [-0.4, -0.2) is 23.6 Å². The van der Waals surface area contributed by atoms with Crippen molar-refractivity contribution in [1.82, 2.24) is 4.90 Å². The van der Waals surface area contributed by atoms with E-state index in [1.54, 1.807) is 22.7 Å². The van der Waals surface area contributed by atoms with Crippen molar-refractivity contribution in [2.75, 3.05) is 12.8 Å². The third kappa shape index (κ3) is 5.25. The van der Waals surface area contributed by atoms with Gasteiger partial charge < -0.3 is 4.90 Å². The summed E-state index contributed by atoms with van der Waals surface area (Å²) < 4.78 is 0. The Morgan fingerprint density at radius 3 is 2.14 bits per heavy atom. The number of carbonyl (C=O) groups is 1. The molecular formula is C24H22N2OS. The number of nitrogens with zero attached hydrogens (tertiary/aromatic N) is 2. The van der Waals surface area contributed by atoms with Crippen LogP contribution >= 0.6 is 11.8 Å². The van der Waals surface area contributed by atoms with Gasteiger partial charge in [-0.15, -0.1) is 11.8 Å². The van der Waals surface area contributed by atoms with E-state index in [1.807, 2.05) is 61.6 Å². The van der Waals surface area contributed by atoms with Crippen LogP contribution in [0, 0.1) is 11.3 Å². The van der Waals surface area contributed by atoms with Gasteiger partial charge in [-0.25, -0.2) is 0 Å². The van der Waals surface area contributed by atoms with Gasteiger partial charge in [-0.1, -0.05) is 72.8 Å². The van der Waals surface area contributed by atoms with Gasteiger partial charge in [0.1, 0.15) is 0 Å². The number of amides is 1. The van der Waals surface area contributed by atoms with E-state index in [2.05, 4.69) is 30.3 Å². The molecule has 0 saturated carbocycles. The lowest BCUT2D eigenvalue weighted by Crippen LogP contribution is -2.28. The summed E-state index contributed by atoms with van der Waals surface area (Å²) in [5.74, 6) is 0.465. The van der Waals surface area contributed by atoms with Crippen molar-refractivity contribution in [3.63, 3.8) is 0 Å². The van der Waals surface area contributed by atoms with Crippen molar-refractivity contribution in [1.29, 1.82) is 5.26 Å². The van der Waals surface area contributed by atoms with E-state index in [0.717, 1.165) is 5.56 Å². The fraction of sp³-hybridized carbons (Fsp3) is 0.167. The van der Waals surface area contributed by atoms with Gasteiger partial charge in [0.2, 0.25) is 5.91 Å². The minimum absolute atomic E-state index is 0.0734. The van der Waals surface area contributed by atoms with Gasteiger partial charge in [0.05, 0.1) is 22.6 Å². The van der Waals surface area contributed by atoms with Gasteiger partial charge >= 0.3 is 0 Å². The van der Waals surface area contributed by atoms with Gasteiger partial charge in [0, 0.05) is 13.6 Å². The predicted molar refractivity (Wildman–Crippen MR) is 115 cm³/mol. The molecule has 0 radical (unpaired) electrons. The van der Waals surface area contributed by atoms with Gasteiger partial charge in [0.25, 0.3) is 0 Å². The molecule has 0 aromatic heterocycles. The molecule has 0 atom stereocenters. The maximum atomic E-state index is 12.7. The first kappa shape index (κ1) is 19.7. The van der Waals surface area contributed by atoms with Crippen molar-refractivity contribution < 1.29 is 4.79 Å². The van der Waals surface area contributed by atoms with Crippen LogP contribution in [0.15, 0.2) is 84.9 Å². The van der Waals surface area contributed by atoms with E-state index in [1.165, 1.54) is 11.1 Å². The minimum atomic E-state index is 0.0734. The summed E-state index contributed by atoms with van der Waals surface area (Å²) in [6.45, 7) is 0.496. The Hall–Kier alpha value is -3.03. The average molecular weight is 387 g/mol. The molecule has 3 nitrogen and oxygen atoms in total. The number of benzene rings is 3. The Kier molecular flexibility index (Phi) is 6.89. The number of hydrogen-bond donors (Lipinski definition) is 0. The molecule has 3 rings (SSSR count). The molecule has 1 amide bonds. The van der Waals surface area contributed by atoms with Gasteiger partial charge in [0.15, 0.2) is 0 Å². The van der Waals surface area contributed by atoms with Crippen molar-refractivity contribution in [3.8, 4) is 6.07 Å². The lowest BCUT2D eigenvalue weighted by atomic mass is 10.0.